The molecule has 3 heteroatoms. The third kappa shape index (κ3) is 2.21. The van der Waals surface area contributed by atoms with Crippen LogP contribution in [0.5, 0.6) is 0 Å². The first-order chi connectivity index (χ1) is 6.90. The molecule has 1 aromatic heterocycles. The quantitative estimate of drug-likeness (QED) is 0.607. The highest BCUT2D eigenvalue weighted by Gasteiger charge is 2.10. The van der Waals surface area contributed by atoms with Crippen LogP contribution in [0.4, 0.5) is 0 Å². The number of thioether (sulfide) groups is 1. The van der Waals surface area contributed by atoms with E-state index in [4.69, 9.17) is 0 Å². The Morgan fingerprint density at radius 1 is 1.57 bits per heavy atom. The lowest BCUT2D eigenvalue weighted by molar-refractivity contribution is 0.889. The van der Waals surface area contributed by atoms with Crippen molar-refractivity contribution in [3.05, 3.63) is 17.5 Å². The topological polar surface area (TPSA) is 28.7 Å². The monoisotopic (exact) mass is 208 g/mol. The van der Waals surface area contributed by atoms with Crippen molar-refractivity contribution in [1.82, 2.24) is 9.97 Å². The molecule has 1 heterocycles. The third-order valence-corrected chi connectivity index (χ3v) is 3.32. The van der Waals surface area contributed by atoms with Crippen molar-refractivity contribution >= 4 is 17.8 Å². The van der Waals surface area contributed by atoms with Gasteiger partial charge in [0.2, 0.25) is 0 Å². The lowest BCUT2D eigenvalue weighted by atomic mass is 10.1. The lowest BCUT2D eigenvalue weighted by Gasteiger charge is -2.00. The number of hydrogen-bond donors (Lipinski definition) is 1. The molecule has 0 radical (unpaired) electrons. The molecule has 14 heavy (non-hydrogen) atoms. The summed E-state index contributed by atoms with van der Waals surface area (Å²) in [5.74, 6) is 1.17. The molecule has 2 nitrogen and oxygen atoms in total. The molecule has 0 aliphatic heterocycles. The lowest BCUT2D eigenvalue weighted by Crippen LogP contribution is -1.91. The van der Waals surface area contributed by atoms with Gasteiger partial charge in [-0.25, -0.2) is 4.98 Å². The van der Waals surface area contributed by atoms with Gasteiger partial charge in [0.05, 0.1) is 5.69 Å². The van der Waals surface area contributed by atoms with Crippen LogP contribution in [-0.2, 0) is 6.42 Å². The zero-order valence-corrected chi connectivity index (χ0v) is 9.36. The van der Waals surface area contributed by atoms with Gasteiger partial charge in [0.25, 0.3) is 0 Å². The molecule has 0 bridgehead atoms. The summed E-state index contributed by atoms with van der Waals surface area (Å²) in [6, 6.07) is 0. The number of imidazole rings is 1. The van der Waals surface area contributed by atoms with Crippen molar-refractivity contribution in [2.24, 2.45) is 0 Å². The Labute approximate surface area is 89.2 Å². The maximum absolute atomic E-state index is 4.54. The van der Waals surface area contributed by atoms with Crippen LogP contribution in [0.1, 0.15) is 37.6 Å². The molecule has 1 aromatic rings. The van der Waals surface area contributed by atoms with E-state index in [1.165, 1.54) is 24.3 Å². The molecule has 0 unspecified atom stereocenters. The number of nitrogens with zero attached hydrogens (tertiary/aromatic N) is 1. The largest absolute Gasteiger partial charge is 0.336 e. The normalized spacial score (nSPS) is 14.4. The first-order valence-electron chi connectivity index (χ1n) is 5.28. The van der Waals surface area contributed by atoms with Gasteiger partial charge in [-0.15, -0.1) is 0 Å². The van der Waals surface area contributed by atoms with Gasteiger partial charge in [-0.3, -0.25) is 0 Å². The number of hydrogen-bond acceptors (Lipinski definition) is 2. The maximum Gasteiger partial charge on any atom is 0.166 e. The number of nitrogens with one attached hydrogen (secondary N) is 1. The zero-order chi connectivity index (χ0) is 9.80. The van der Waals surface area contributed by atoms with Crippen LogP contribution in [0.2, 0.25) is 0 Å². The van der Waals surface area contributed by atoms with Gasteiger partial charge in [0.1, 0.15) is 0 Å². The summed E-state index contributed by atoms with van der Waals surface area (Å²) in [4.78, 5) is 7.94. The zero-order valence-electron chi connectivity index (χ0n) is 8.55. The molecule has 1 aliphatic rings. The Kier molecular flexibility index (Phi) is 3.30. The highest BCUT2D eigenvalue weighted by atomic mass is 32.2. The minimum absolute atomic E-state index is 1.09. The number of rotatable bonds is 4. The van der Waals surface area contributed by atoms with E-state index in [-0.39, 0.29) is 0 Å². The fourth-order valence-electron chi connectivity index (χ4n) is 1.53. The second-order valence-corrected chi connectivity index (χ2v) is 4.63. The molecular weight excluding hydrogens is 192 g/mol. The molecule has 0 aromatic carbocycles. The summed E-state index contributed by atoms with van der Waals surface area (Å²) in [5.41, 5.74) is 2.46. The number of aromatic amines is 1. The van der Waals surface area contributed by atoms with Crippen molar-refractivity contribution in [2.75, 3.05) is 5.75 Å². The predicted molar refractivity (Wildman–Crippen MR) is 61.6 cm³/mol. The summed E-state index contributed by atoms with van der Waals surface area (Å²) < 4.78 is 0. The van der Waals surface area contributed by atoms with Gasteiger partial charge in [-0.2, -0.15) is 0 Å². The van der Waals surface area contributed by atoms with E-state index in [1.807, 2.05) is 11.8 Å². The highest BCUT2D eigenvalue weighted by Crippen LogP contribution is 2.22. The van der Waals surface area contributed by atoms with Crippen LogP contribution in [0.15, 0.2) is 11.2 Å². The van der Waals surface area contributed by atoms with Crippen LogP contribution in [-0.4, -0.2) is 15.7 Å². The van der Waals surface area contributed by atoms with E-state index in [0.717, 1.165) is 23.7 Å². The van der Waals surface area contributed by atoms with Crippen molar-refractivity contribution in [3.8, 4) is 0 Å². The number of unbranched alkanes of at least 4 members (excludes halogenated alkanes) is 1. The summed E-state index contributed by atoms with van der Waals surface area (Å²) in [6.45, 7) is 2.22. The average molecular weight is 208 g/mol. The summed E-state index contributed by atoms with van der Waals surface area (Å²) >= 11 is 1.84. The second-order valence-electron chi connectivity index (χ2n) is 3.55. The van der Waals surface area contributed by atoms with E-state index in [2.05, 4.69) is 29.0 Å². The fraction of sp³-hybridized carbons (Fsp3) is 0.545. The Morgan fingerprint density at radius 2 is 2.50 bits per heavy atom. The number of aromatic nitrogens is 2. The number of H-pyrrole nitrogens is 1. The Hall–Kier alpha value is -0.700. The smallest absolute Gasteiger partial charge is 0.166 e. The number of allylic oxidation sites excluding steroid dienone is 1. The van der Waals surface area contributed by atoms with Gasteiger partial charge in [-0.1, -0.05) is 31.2 Å². The second kappa shape index (κ2) is 4.69. The molecule has 0 atom stereocenters. The summed E-state index contributed by atoms with van der Waals surface area (Å²) in [6.07, 6.45) is 9.11. The van der Waals surface area contributed by atoms with E-state index in [0.29, 0.717) is 0 Å². The van der Waals surface area contributed by atoms with E-state index < -0.39 is 0 Å². The number of fused-ring (bicyclic) bond motifs is 1. The molecule has 0 saturated carbocycles. The molecule has 0 fully saturated rings. The minimum atomic E-state index is 1.09. The third-order valence-electron chi connectivity index (χ3n) is 2.36. The van der Waals surface area contributed by atoms with Crippen LogP contribution in [0.25, 0.3) is 6.08 Å². The first kappa shape index (κ1) is 9.84. The predicted octanol–water partition coefficient (Wildman–Crippen LogP) is 3.26. The highest BCUT2D eigenvalue weighted by molar-refractivity contribution is 7.99. The van der Waals surface area contributed by atoms with Crippen LogP contribution < -0.4 is 0 Å². The molecular formula is C11H16N2S. The van der Waals surface area contributed by atoms with Gasteiger partial charge in [0, 0.05) is 11.4 Å². The van der Waals surface area contributed by atoms with Gasteiger partial charge in [-0.05, 0) is 25.3 Å². The maximum atomic E-state index is 4.54. The molecule has 1 N–H and O–H groups in total. The molecule has 0 saturated heterocycles. The van der Waals surface area contributed by atoms with Crippen LogP contribution in [0.3, 0.4) is 0 Å². The Bertz CT molecular complexity index is 328. The molecule has 76 valence electrons. The Balaban J connectivity index is 1.99. The van der Waals surface area contributed by atoms with E-state index in [1.54, 1.807) is 0 Å². The van der Waals surface area contributed by atoms with Gasteiger partial charge < -0.3 is 4.98 Å². The average Bonchev–Trinajstić information content (AvgIpc) is 2.60. The van der Waals surface area contributed by atoms with Crippen LogP contribution >= 0.6 is 11.8 Å². The molecule has 1 aliphatic carbocycles. The molecule has 0 amide bonds. The molecule has 2 rings (SSSR count). The first-order valence-corrected chi connectivity index (χ1v) is 6.27. The Morgan fingerprint density at radius 3 is 3.29 bits per heavy atom. The molecule has 0 spiro atoms. The number of aryl methyl sites for hydroxylation is 1. The van der Waals surface area contributed by atoms with Crippen molar-refractivity contribution < 1.29 is 0 Å². The SMILES string of the molecule is CCCCSc1nc2c([nH]1)CCC=C2. The standard InChI is InChI=1S/C11H16N2S/c1-2-3-8-14-11-12-9-6-4-5-7-10(9)13-11/h4,6H,2-3,5,7-8H2,1H3,(H,12,13). The fourth-order valence-corrected chi connectivity index (χ4v) is 2.52. The summed E-state index contributed by atoms with van der Waals surface area (Å²) in [5, 5.41) is 1.09. The van der Waals surface area contributed by atoms with E-state index >= 15 is 0 Å². The summed E-state index contributed by atoms with van der Waals surface area (Å²) in [7, 11) is 0. The van der Waals surface area contributed by atoms with Gasteiger partial charge >= 0.3 is 0 Å². The van der Waals surface area contributed by atoms with Gasteiger partial charge in [0.15, 0.2) is 5.16 Å². The van der Waals surface area contributed by atoms with Crippen LogP contribution in [0, 0.1) is 0 Å². The minimum Gasteiger partial charge on any atom is -0.336 e. The van der Waals surface area contributed by atoms with Crippen molar-refractivity contribution in [3.63, 3.8) is 0 Å². The van der Waals surface area contributed by atoms with E-state index in [9.17, 15) is 0 Å². The van der Waals surface area contributed by atoms with Crippen molar-refractivity contribution in [2.45, 2.75) is 37.8 Å². The van der Waals surface area contributed by atoms with Crippen molar-refractivity contribution in [1.29, 1.82) is 0 Å².